The molecule has 0 bridgehead atoms. The number of carbonyl (C=O) groups is 1. The number of ether oxygens (including phenoxy) is 5. The van der Waals surface area contributed by atoms with E-state index in [1.54, 1.807) is 24.3 Å². The molecule has 0 fully saturated rings. The van der Waals surface area contributed by atoms with Crippen molar-refractivity contribution in [3.05, 3.63) is 220 Å². The first-order valence-corrected chi connectivity index (χ1v) is 22.9. The molecule has 16 heteroatoms. The largest absolute Gasteiger partial charge is 0.469 e. The topological polar surface area (TPSA) is 196 Å². The van der Waals surface area contributed by atoms with Gasteiger partial charge in [-0.1, -0.05) is 83.9 Å². The molecular weight excluding hydrogens is 1010 g/mol. The molecule has 0 aliphatic carbocycles. The number of aromatic nitrogens is 2. The molecule has 2 aliphatic heterocycles. The second-order valence-corrected chi connectivity index (χ2v) is 17.0. The standard InChI is InChI=1S/C25H20N2O4.C19H17NO2.C6H4INO2.C3H6O2.CH4O/c1-16-10-17(12-20(11-16)18-6-8-22(9-7-18)27(28)29)14-30-25-24-21(15-31-25)13-19-4-2-3-5-23(19)26-24;1-13-5-4-6-14(9-13)11-21-19-18-16(12-22-19)10-15-7-2-3-8-17(15)20-18;7-5-1-3-6(4-2-5)8(9)10;1-3(4)5-2;1-2/h2-13,25H,14-15H2,1H3;2-10,19H,11-12H2,1H3;1-4H;1-2H3;2H,1H3. The Kier molecular flexibility index (Phi) is 19.1. The number of nitro benzene ring substituents is 2. The van der Waals surface area contributed by atoms with Crippen molar-refractivity contribution in [2.24, 2.45) is 0 Å². The van der Waals surface area contributed by atoms with Crippen molar-refractivity contribution in [2.75, 3.05) is 14.2 Å². The highest BCUT2D eigenvalue weighted by Gasteiger charge is 2.27. The van der Waals surface area contributed by atoms with Crippen LogP contribution in [0.25, 0.3) is 32.9 Å². The van der Waals surface area contributed by atoms with Crippen LogP contribution >= 0.6 is 22.6 Å². The quantitative estimate of drug-likeness (QED) is 0.0621. The first-order chi connectivity index (χ1) is 33.8. The Balaban J connectivity index is 0.000000178. The van der Waals surface area contributed by atoms with E-state index in [1.165, 1.54) is 43.9 Å². The van der Waals surface area contributed by atoms with Gasteiger partial charge >= 0.3 is 5.97 Å². The fourth-order valence-electron chi connectivity index (χ4n) is 7.33. The fraction of sp³-hybridized carbons (Fsp3) is 0.204. The van der Waals surface area contributed by atoms with Crippen LogP contribution in [0.2, 0.25) is 0 Å². The first-order valence-electron chi connectivity index (χ1n) is 21.9. The highest BCUT2D eigenvalue weighted by molar-refractivity contribution is 14.1. The number of carbonyl (C=O) groups excluding carboxylic acids is 1. The summed E-state index contributed by atoms with van der Waals surface area (Å²) in [4.78, 5) is 39.3. The molecule has 2 unspecified atom stereocenters. The lowest BCUT2D eigenvalue weighted by Crippen LogP contribution is -2.05. The van der Waals surface area contributed by atoms with Gasteiger partial charge in [-0.3, -0.25) is 25.0 Å². The van der Waals surface area contributed by atoms with Gasteiger partial charge in [0, 0.05) is 63.8 Å². The maximum Gasteiger partial charge on any atom is 0.302 e. The molecule has 6 aromatic carbocycles. The average Bonchev–Trinajstić information content (AvgIpc) is 3.97. The number of halogens is 1. The number of nitro groups is 2. The minimum Gasteiger partial charge on any atom is -0.469 e. The number of non-ortho nitro benzene ring substituents is 2. The number of para-hydroxylation sites is 2. The molecule has 8 aromatic rings. The number of hydrogen-bond acceptors (Lipinski definition) is 13. The van der Waals surface area contributed by atoms with E-state index < -0.39 is 16.1 Å². The van der Waals surface area contributed by atoms with Crippen LogP contribution in [-0.2, 0) is 54.9 Å². The van der Waals surface area contributed by atoms with Gasteiger partial charge in [-0.05, 0) is 113 Å². The molecule has 10 rings (SSSR count). The van der Waals surface area contributed by atoms with Gasteiger partial charge in [-0.2, -0.15) is 0 Å². The normalized spacial score (nSPS) is 13.9. The molecule has 360 valence electrons. The van der Waals surface area contributed by atoms with Crippen LogP contribution in [0.5, 0.6) is 0 Å². The third kappa shape index (κ3) is 14.5. The smallest absolute Gasteiger partial charge is 0.302 e. The molecule has 1 N–H and O–H groups in total. The van der Waals surface area contributed by atoms with Crippen LogP contribution in [0.3, 0.4) is 0 Å². The third-order valence-electron chi connectivity index (χ3n) is 10.7. The Morgan fingerprint density at radius 2 is 1.10 bits per heavy atom. The monoisotopic (exact) mass is 1060 g/mol. The van der Waals surface area contributed by atoms with Crippen molar-refractivity contribution >= 4 is 61.7 Å². The Bertz CT molecular complexity index is 3060. The summed E-state index contributed by atoms with van der Waals surface area (Å²) in [5, 5.41) is 30.3. The number of rotatable bonds is 9. The summed E-state index contributed by atoms with van der Waals surface area (Å²) in [6, 6.07) is 47.8. The molecule has 0 radical (unpaired) electrons. The zero-order chi connectivity index (χ0) is 50.2. The molecule has 15 nitrogen and oxygen atoms in total. The molecular formula is C54H51IN4O11. The second kappa shape index (κ2) is 25.5. The van der Waals surface area contributed by atoms with Crippen molar-refractivity contribution < 1.29 is 43.4 Å². The highest BCUT2D eigenvalue weighted by atomic mass is 127. The van der Waals surface area contributed by atoms with Gasteiger partial charge in [0.05, 0.1) is 54.4 Å². The zero-order valence-electron chi connectivity index (χ0n) is 39.1. The summed E-state index contributed by atoms with van der Waals surface area (Å²) in [5.41, 5.74) is 12.4. The Hall–Kier alpha value is -7.06. The summed E-state index contributed by atoms with van der Waals surface area (Å²) in [7, 11) is 2.35. The van der Waals surface area contributed by atoms with E-state index in [0.717, 1.165) is 82.8 Å². The molecule has 70 heavy (non-hydrogen) atoms. The number of benzene rings is 6. The number of esters is 1. The number of fused-ring (bicyclic) bond motifs is 4. The Morgan fingerprint density at radius 1 is 0.629 bits per heavy atom. The first kappa shape index (κ1) is 52.3. The minimum atomic E-state index is -0.497. The second-order valence-electron chi connectivity index (χ2n) is 15.8. The fourth-order valence-corrected chi connectivity index (χ4v) is 7.69. The van der Waals surface area contributed by atoms with Gasteiger partial charge in [0.25, 0.3) is 11.4 Å². The molecule has 0 amide bonds. The van der Waals surface area contributed by atoms with E-state index in [1.807, 2.05) is 61.5 Å². The van der Waals surface area contributed by atoms with E-state index >= 15 is 0 Å². The summed E-state index contributed by atoms with van der Waals surface area (Å²) >= 11 is 2.10. The molecule has 0 spiro atoms. The van der Waals surface area contributed by atoms with Gasteiger partial charge in [-0.15, -0.1) is 0 Å². The number of methoxy groups -OCH3 is 1. The molecule has 2 atom stereocenters. The van der Waals surface area contributed by atoms with Crippen LogP contribution in [0.1, 0.15) is 64.3 Å². The molecule has 2 aliphatic rings. The Morgan fingerprint density at radius 3 is 1.59 bits per heavy atom. The van der Waals surface area contributed by atoms with Crippen LogP contribution in [-0.4, -0.2) is 45.1 Å². The lowest BCUT2D eigenvalue weighted by Gasteiger charge is -2.14. The number of aliphatic hydroxyl groups excluding tert-OH is 1. The molecule has 0 saturated heterocycles. The maximum atomic E-state index is 10.9. The van der Waals surface area contributed by atoms with E-state index in [9.17, 15) is 25.0 Å². The molecule has 2 aromatic heterocycles. The highest BCUT2D eigenvalue weighted by Crippen LogP contribution is 2.35. The number of aliphatic hydroxyl groups is 1. The van der Waals surface area contributed by atoms with Gasteiger partial charge in [-0.25, -0.2) is 9.97 Å². The predicted octanol–water partition coefficient (Wildman–Crippen LogP) is 12.1. The van der Waals surface area contributed by atoms with E-state index in [4.69, 9.17) is 34.0 Å². The Labute approximate surface area is 418 Å². The maximum absolute atomic E-state index is 10.9. The number of aryl methyl sites for hydroxylation is 2. The zero-order valence-corrected chi connectivity index (χ0v) is 41.3. The van der Waals surface area contributed by atoms with Crippen molar-refractivity contribution in [3.8, 4) is 11.1 Å². The summed E-state index contributed by atoms with van der Waals surface area (Å²) < 4.78 is 28.7. The summed E-state index contributed by atoms with van der Waals surface area (Å²) in [6.45, 7) is 7.41. The van der Waals surface area contributed by atoms with Crippen LogP contribution < -0.4 is 0 Å². The van der Waals surface area contributed by atoms with Gasteiger partial charge in [0.15, 0.2) is 0 Å². The van der Waals surface area contributed by atoms with Crippen molar-refractivity contribution in [1.82, 2.24) is 9.97 Å². The van der Waals surface area contributed by atoms with Gasteiger partial charge < -0.3 is 28.8 Å². The lowest BCUT2D eigenvalue weighted by molar-refractivity contribution is -0.385. The van der Waals surface area contributed by atoms with Crippen molar-refractivity contribution in [2.45, 2.75) is 59.8 Å². The van der Waals surface area contributed by atoms with Gasteiger partial charge in [0.1, 0.15) is 11.4 Å². The van der Waals surface area contributed by atoms with Crippen molar-refractivity contribution in [1.29, 1.82) is 0 Å². The minimum absolute atomic E-state index is 0.0806. The van der Waals surface area contributed by atoms with Crippen LogP contribution in [0, 0.1) is 37.6 Å². The number of nitrogens with zero attached hydrogens (tertiary/aromatic N) is 4. The lowest BCUT2D eigenvalue weighted by atomic mass is 10.0. The molecule has 4 heterocycles. The van der Waals surface area contributed by atoms with E-state index in [2.05, 4.69) is 82.8 Å². The van der Waals surface area contributed by atoms with Crippen molar-refractivity contribution in [3.63, 3.8) is 0 Å². The number of pyridine rings is 2. The third-order valence-corrected chi connectivity index (χ3v) is 11.4. The van der Waals surface area contributed by atoms with Gasteiger partial charge in [0.2, 0.25) is 12.6 Å². The number of hydrogen-bond donors (Lipinski definition) is 1. The SMILES string of the molecule is CO.COC(C)=O.Cc1cc(COC2OCc3cc4ccccc4nc32)cc(-c2ccc([N+](=O)[O-])cc2)c1.Cc1cccc(COC2OCc3cc4ccccc4nc32)c1.O=[N+]([O-])c1ccc(I)cc1. The van der Waals surface area contributed by atoms with E-state index in [0.29, 0.717) is 26.4 Å². The average molecular weight is 1060 g/mol. The summed E-state index contributed by atoms with van der Waals surface area (Å²) in [6.07, 6.45) is -0.872. The van der Waals surface area contributed by atoms with E-state index in [-0.39, 0.29) is 23.6 Å². The van der Waals surface area contributed by atoms with Crippen LogP contribution in [0.4, 0.5) is 11.4 Å². The summed E-state index contributed by atoms with van der Waals surface area (Å²) in [5.74, 6) is -0.245. The predicted molar refractivity (Wildman–Crippen MR) is 274 cm³/mol. The van der Waals surface area contributed by atoms with Crippen LogP contribution in [0.15, 0.2) is 152 Å². The molecule has 0 saturated carbocycles.